The van der Waals surface area contributed by atoms with E-state index < -0.39 is 5.60 Å². The quantitative estimate of drug-likeness (QED) is 0.867. The van der Waals surface area contributed by atoms with Crippen molar-refractivity contribution < 1.29 is 9.53 Å². The Morgan fingerprint density at radius 1 is 1.30 bits per heavy atom. The van der Waals surface area contributed by atoms with Gasteiger partial charge in [0, 0.05) is 6.20 Å². The van der Waals surface area contributed by atoms with Gasteiger partial charge < -0.3 is 4.74 Å². The summed E-state index contributed by atoms with van der Waals surface area (Å²) in [7, 11) is 0. The predicted molar refractivity (Wildman–Crippen MR) is 91.4 cm³/mol. The Labute approximate surface area is 136 Å². The number of rotatable bonds is 3. The third-order valence-electron chi connectivity index (χ3n) is 3.93. The number of carbonyl (C=O) groups excluding carboxylic acids is 1. The number of pyridine rings is 1. The summed E-state index contributed by atoms with van der Waals surface area (Å²) in [6, 6.07) is 9.68. The molecule has 1 aromatic heterocycles. The van der Waals surface area contributed by atoms with Crippen LogP contribution in [0.4, 0.5) is 5.69 Å². The summed E-state index contributed by atoms with van der Waals surface area (Å²) in [5.41, 5.74) is 2.76. The standard InChI is InChI=1S/C19H20N2O2/c1-5-14-7-9-16-17(10-14)23-19(3,4)18(22)21(16)12-15-8-6-13(2)11-20-15/h5-11H,1,12H2,2-4H3. The van der Waals surface area contributed by atoms with Crippen LogP contribution in [-0.2, 0) is 11.3 Å². The van der Waals surface area contributed by atoms with Gasteiger partial charge in [0.15, 0.2) is 5.60 Å². The van der Waals surface area contributed by atoms with Crippen molar-refractivity contribution in [1.82, 2.24) is 4.98 Å². The molecule has 118 valence electrons. The first-order chi connectivity index (χ1) is 10.9. The van der Waals surface area contributed by atoms with Crippen molar-refractivity contribution in [1.29, 1.82) is 0 Å². The zero-order chi connectivity index (χ0) is 16.6. The Morgan fingerprint density at radius 2 is 2.09 bits per heavy atom. The first-order valence-electron chi connectivity index (χ1n) is 7.60. The Balaban J connectivity index is 2.02. The van der Waals surface area contributed by atoms with Crippen LogP contribution in [-0.4, -0.2) is 16.5 Å². The predicted octanol–water partition coefficient (Wildman–Crippen LogP) is 3.74. The number of aromatic nitrogens is 1. The van der Waals surface area contributed by atoms with Crippen molar-refractivity contribution in [2.24, 2.45) is 0 Å². The highest BCUT2D eigenvalue weighted by molar-refractivity contribution is 6.02. The molecule has 2 aromatic rings. The molecule has 0 spiro atoms. The Morgan fingerprint density at radius 3 is 2.74 bits per heavy atom. The van der Waals surface area contributed by atoms with Crippen molar-refractivity contribution in [3.05, 3.63) is 59.9 Å². The molecule has 1 aliphatic heterocycles. The highest BCUT2D eigenvalue weighted by Crippen LogP contribution is 2.39. The molecule has 1 aromatic carbocycles. The van der Waals surface area contributed by atoms with E-state index in [4.69, 9.17) is 4.74 Å². The van der Waals surface area contributed by atoms with Gasteiger partial charge in [-0.3, -0.25) is 14.7 Å². The average molecular weight is 308 g/mol. The minimum Gasteiger partial charge on any atom is -0.476 e. The first kappa shape index (κ1) is 15.3. The van der Waals surface area contributed by atoms with Gasteiger partial charge in [0.2, 0.25) is 0 Å². The number of anilines is 1. The normalized spacial score (nSPS) is 15.8. The van der Waals surface area contributed by atoms with E-state index in [0.717, 1.165) is 22.5 Å². The SMILES string of the molecule is C=Cc1ccc2c(c1)OC(C)(C)C(=O)N2Cc1ccc(C)cn1. The number of hydrogen-bond acceptors (Lipinski definition) is 3. The molecule has 2 heterocycles. The minimum absolute atomic E-state index is 0.0706. The third-order valence-corrected chi connectivity index (χ3v) is 3.93. The molecule has 4 nitrogen and oxygen atoms in total. The molecule has 0 radical (unpaired) electrons. The fourth-order valence-electron chi connectivity index (χ4n) is 2.63. The second-order valence-electron chi connectivity index (χ2n) is 6.26. The van der Waals surface area contributed by atoms with Crippen molar-refractivity contribution in [2.75, 3.05) is 4.90 Å². The van der Waals surface area contributed by atoms with Gasteiger partial charge in [-0.25, -0.2) is 0 Å². The summed E-state index contributed by atoms with van der Waals surface area (Å²) in [5.74, 6) is 0.623. The number of carbonyl (C=O) groups is 1. The summed E-state index contributed by atoms with van der Waals surface area (Å²) in [6.07, 6.45) is 3.58. The van der Waals surface area contributed by atoms with Crippen molar-refractivity contribution in [3.63, 3.8) is 0 Å². The fraction of sp³-hybridized carbons (Fsp3) is 0.263. The summed E-state index contributed by atoms with van der Waals surface area (Å²) in [5, 5.41) is 0. The van der Waals surface area contributed by atoms with Crippen LogP contribution in [0.2, 0.25) is 0 Å². The minimum atomic E-state index is -0.905. The molecule has 23 heavy (non-hydrogen) atoms. The molecule has 0 saturated carbocycles. The topological polar surface area (TPSA) is 42.4 Å². The van der Waals surface area contributed by atoms with E-state index in [-0.39, 0.29) is 5.91 Å². The Bertz CT molecular complexity index is 763. The lowest BCUT2D eigenvalue weighted by molar-refractivity contribution is -0.132. The summed E-state index contributed by atoms with van der Waals surface area (Å²) in [6.45, 7) is 9.77. The summed E-state index contributed by atoms with van der Waals surface area (Å²) in [4.78, 5) is 18.9. The van der Waals surface area contributed by atoms with Crippen LogP contribution >= 0.6 is 0 Å². The first-order valence-corrected chi connectivity index (χ1v) is 7.60. The van der Waals surface area contributed by atoms with Gasteiger partial charge in [-0.1, -0.05) is 24.8 Å². The van der Waals surface area contributed by atoms with Gasteiger partial charge in [0.1, 0.15) is 5.75 Å². The van der Waals surface area contributed by atoms with Gasteiger partial charge in [0.25, 0.3) is 5.91 Å². The number of benzene rings is 1. The van der Waals surface area contributed by atoms with Crippen LogP contribution < -0.4 is 9.64 Å². The second kappa shape index (κ2) is 5.54. The number of amides is 1. The maximum atomic E-state index is 12.8. The maximum Gasteiger partial charge on any atom is 0.271 e. The molecule has 4 heteroatoms. The van der Waals surface area contributed by atoms with E-state index in [2.05, 4.69) is 11.6 Å². The maximum absolute atomic E-state index is 12.8. The molecule has 0 unspecified atom stereocenters. The van der Waals surface area contributed by atoms with Crippen LogP contribution in [0.3, 0.4) is 0 Å². The van der Waals surface area contributed by atoms with E-state index in [9.17, 15) is 4.79 Å². The molecule has 0 fully saturated rings. The van der Waals surface area contributed by atoms with Gasteiger partial charge in [0.05, 0.1) is 17.9 Å². The third kappa shape index (κ3) is 2.84. The molecule has 0 atom stereocenters. The van der Waals surface area contributed by atoms with Crippen LogP contribution in [0.25, 0.3) is 6.08 Å². The molecule has 3 rings (SSSR count). The lowest BCUT2D eigenvalue weighted by Gasteiger charge is -2.38. The molecule has 0 N–H and O–H groups in total. The number of aryl methyl sites for hydroxylation is 1. The summed E-state index contributed by atoms with van der Waals surface area (Å²) >= 11 is 0. The lowest BCUT2D eigenvalue weighted by Crippen LogP contribution is -2.52. The Kier molecular flexibility index (Phi) is 3.68. The van der Waals surface area contributed by atoms with Gasteiger partial charge >= 0.3 is 0 Å². The number of hydrogen-bond donors (Lipinski definition) is 0. The van der Waals surface area contributed by atoms with Gasteiger partial charge in [-0.15, -0.1) is 0 Å². The van der Waals surface area contributed by atoms with Crippen molar-refractivity contribution in [2.45, 2.75) is 32.9 Å². The molecule has 0 saturated heterocycles. The van der Waals surface area contributed by atoms with Crippen molar-refractivity contribution in [3.8, 4) is 5.75 Å². The molecule has 0 bridgehead atoms. The highest BCUT2D eigenvalue weighted by atomic mass is 16.5. The second-order valence-corrected chi connectivity index (χ2v) is 6.26. The molecular weight excluding hydrogens is 288 g/mol. The molecule has 0 aliphatic carbocycles. The van der Waals surface area contributed by atoms with E-state index in [1.807, 2.05) is 43.5 Å². The smallest absolute Gasteiger partial charge is 0.271 e. The number of ether oxygens (including phenoxy) is 1. The van der Waals surface area contributed by atoms with Crippen molar-refractivity contribution >= 4 is 17.7 Å². The van der Waals surface area contributed by atoms with Crippen LogP contribution in [0.1, 0.15) is 30.7 Å². The van der Waals surface area contributed by atoms with Crippen LogP contribution in [0, 0.1) is 6.92 Å². The summed E-state index contributed by atoms with van der Waals surface area (Å²) < 4.78 is 5.90. The zero-order valence-electron chi connectivity index (χ0n) is 13.7. The Hall–Kier alpha value is -2.62. The average Bonchev–Trinajstić information content (AvgIpc) is 2.52. The highest BCUT2D eigenvalue weighted by Gasteiger charge is 2.41. The zero-order valence-corrected chi connectivity index (χ0v) is 13.7. The van der Waals surface area contributed by atoms with E-state index in [1.54, 1.807) is 24.8 Å². The molecule has 1 aliphatic rings. The largest absolute Gasteiger partial charge is 0.476 e. The molecular formula is C19H20N2O2. The number of fused-ring (bicyclic) bond motifs is 1. The fourth-order valence-corrected chi connectivity index (χ4v) is 2.63. The van der Waals surface area contributed by atoms with E-state index in [1.165, 1.54) is 0 Å². The molecule has 1 amide bonds. The monoisotopic (exact) mass is 308 g/mol. The van der Waals surface area contributed by atoms with Crippen LogP contribution in [0.15, 0.2) is 43.1 Å². The van der Waals surface area contributed by atoms with Gasteiger partial charge in [-0.05, 0) is 50.1 Å². The lowest BCUT2D eigenvalue weighted by atomic mass is 10.0. The van der Waals surface area contributed by atoms with E-state index >= 15 is 0 Å². The van der Waals surface area contributed by atoms with Crippen LogP contribution in [0.5, 0.6) is 5.75 Å². The van der Waals surface area contributed by atoms with E-state index in [0.29, 0.717) is 12.3 Å². The van der Waals surface area contributed by atoms with Gasteiger partial charge in [-0.2, -0.15) is 0 Å². The number of nitrogens with zero attached hydrogens (tertiary/aromatic N) is 2.